The lowest BCUT2D eigenvalue weighted by molar-refractivity contribution is -0.121. The molecule has 0 radical (unpaired) electrons. The molecule has 2 atom stereocenters. The minimum absolute atomic E-state index is 0.0493. The molecule has 2 amide bonds. The van der Waals surface area contributed by atoms with E-state index < -0.39 is 29.4 Å². The number of hydrogen-bond donors (Lipinski definition) is 2. The van der Waals surface area contributed by atoms with Crippen LogP contribution in [0.5, 0.6) is 0 Å². The van der Waals surface area contributed by atoms with E-state index in [1.54, 1.807) is 41.5 Å². The van der Waals surface area contributed by atoms with E-state index in [9.17, 15) is 14.4 Å². The van der Waals surface area contributed by atoms with Crippen molar-refractivity contribution in [1.82, 2.24) is 10.6 Å². The highest BCUT2D eigenvalue weighted by Gasteiger charge is 2.33. The van der Waals surface area contributed by atoms with Crippen molar-refractivity contribution in [2.75, 3.05) is 0 Å². The Balaban J connectivity index is 2.66. The summed E-state index contributed by atoms with van der Waals surface area (Å²) in [5.74, 6) is 0.0493. The van der Waals surface area contributed by atoms with Crippen LogP contribution >= 0.6 is 0 Å². The average molecular weight is 328 g/mol. The molecule has 1 saturated carbocycles. The average Bonchev–Trinajstić information content (AvgIpc) is 2.27. The van der Waals surface area contributed by atoms with E-state index in [2.05, 4.69) is 10.6 Å². The van der Waals surface area contributed by atoms with Gasteiger partial charge in [-0.3, -0.25) is 4.79 Å². The summed E-state index contributed by atoms with van der Waals surface area (Å²) in [6.07, 6.45) is -0.174. The predicted molar refractivity (Wildman–Crippen MR) is 85.2 cm³/mol. The number of carbonyl (C=O) groups excluding carboxylic acids is 3. The summed E-state index contributed by atoms with van der Waals surface area (Å²) in [7, 11) is 0. The summed E-state index contributed by atoms with van der Waals surface area (Å²) >= 11 is 0. The number of amides is 2. The second-order valence-electron chi connectivity index (χ2n) is 7.79. The number of ether oxygens (including phenoxy) is 2. The molecule has 1 fully saturated rings. The summed E-state index contributed by atoms with van der Waals surface area (Å²) in [5.41, 5.74) is -1.24. The molecule has 7 nitrogen and oxygen atoms in total. The Bertz CT molecular complexity index is 462. The highest BCUT2D eigenvalue weighted by atomic mass is 16.6. The third kappa shape index (κ3) is 7.85. The van der Waals surface area contributed by atoms with E-state index in [0.717, 1.165) is 0 Å². The third-order valence-corrected chi connectivity index (χ3v) is 3.07. The van der Waals surface area contributed by atoms with Gasteiger partial charge in [0, 0.05) is 12.8 Å². The Labute approximate surface area is 137 Å². The Morgan fingerprint density at radius 3 is 1.78 bits per heavy atom. The first kappa shape index (κ1) is 19.3. The van der Waals surface area contributed by atoms with Gasteiger partial charge in [0.1, 0.15) is 17.0 Å². The van der Waals surface area contributed by atoms with Crippen LogP contribution in [0, 0.1) is 0 Å². The minimum Gasteiger partial charge on any atom is -0.444 e. The number of Topliss-reactive ketones (excluding diaryl/α,β-unsaturated/α-hetero) is 1. The Kier molecular flexibility index (Phi) is 6.02. The van der Waals surface area contributed by atoms with Crippen molar-refractivity contribution in [2.24, 2.45) is 0 Å². The monoisotopic (exact) mass is 328 g/mol. The topological polar surface area (TPSA) is 93.7 Å². The summed E-state index contributed by atoms with van der Waals surface area (Å²) < 4.78 is 10.4. The molecule has 1 rings (SSSR count). The standard InChI is InChI=1S/C16H28N2O5/c1-15(2,3)22-13(20)17-11-8-7-10(19)9-12(11)18-14(21)23-16(4,5)6/h11-12H,7-9H2,1-6H3,(H,17,20)(H,18,21)/t11-,12+/m0/s1. The Hall–Kier alpha value is -1.79. The fourth-order valence-corrected chi connectivity index (χ4v) is 2.25. The lowest BCUT2D eigenvalue weighted by Gasteiger charge is -2.33. The molecule has 2 N–H and O–H groups in total. The lowest BCUT2D eigenvalue weighted by Crippen LogP contribution is -2.56. The first-order valence-electron chi connectivity index (χ1n) is 7.86. The molecule has 0 aromatic carbocycles. The van der Waals surface area contributed by atoms with E-state index in [0.29, 0.717) is 12.8 Å². The molecule has 0 aliphatic heterocycles. The van der Waals surface area contributed by atoms with Crippen LogP contribution in [-0.2, 0) is 14.3 Å². The Morgan fingerprint density at radius 2 is 1.35 bits per heavy atom. The zero-order chi connectivity index (χ0) is 17.8. The molecule has 1 aliphatic rings. The van der Waals surface area contributed by atoms with Crippen molar-refractivity contribution in [3.63, 3.8) is 0 Å². The number of rotatable bonds is 2. The van der Waals surface area contributed by atoms with Gasteiger partial charge in [0.2, 0.25) is 0 Å². The van der Waals surface area contributed by atoms with E-state index in [-0.39, 0.29) is 18.2 Å². The summed E-state index contributed by atoms with van der Waals surface area (Å²) in [6, 6.07) is -0.867. The second-order valence-corrected chi connectivity index (χ2v) is 7.79. The number of ketones is 1. The van der Waals surface area contributed by atoms with Gasteiger partial charge in [0.05, 0.1) is 12.1 Å². The largest absolute Gasteiger partial charge is 0.444 e. The highest BCUT2D eigenvalue weighted by molar-refractivity contribution is 5.81. The van der Waals surface area contributed by atoms with Crippen molar-refractivity contribution in [3.05, 3.63) is 0 Å². The predicted octanol–water partition coefficient (Wildman–Crippen LogP) is 2.53. The molecule has 0 aromatic rings. The second kappa shape index (κ2) is 7.19. The van der Waals surface area contributed by atoms with Crippen LogP contribution in [0.4, 0.5) is 9.59 Å². The van der Waals surface area contributed by atoms with E-state index in [1.807, 2.05) is 0 Å². The zero-order valence-corrected chi connectivity index (χ0v) is 14.8. The van der Waals surface area contributed by atoms with Crippen molar-refractivity contribution >= 4 is 18.0 Å². The number of carbonyl (C=O) groups is 3. The van der Waals surface area contributed by atoms with Crippen LogP contribution in [0.3, 0.4) is 0 Å². The number of alkyl carbamates (subject to hydrolysis) is 2. The molecule has 23 heavy (non-hydrogen) atoms. The molecule has 0 aromatic heterocycles. The molecule has 0 heterocycles. The molecular weight excluding hydrogens is 300 g/mol. The van der Waals surface area contributed by atoms with Gasteiger partial charge in [-0.1, -0.05) is 0 Å². The maximum Gasteiger partial charge on any atom is 0.407 e. The third-order valence-electron chi connectivity index (χ3n) is 3.07. The molecule has 0 saturated heterocycles. The van der Waals surface area contributed by atoms with Gasteiger partial charge >= 0.3 is 12.2 Å². The molecule has 132 valence electrons. The Morgan fingerprint density at radius 1 is 0.913 bits per heavy atom. The van der Waals surface area contributed by atoms with Gasteiger partial charge in [0.25, 0.3) is 0 Å². The molecular formula is C16H28N2O5. The lowest BCUT2D eigenvalue weighted by atomic mass is 9.89. The van der Waals surface area contributed by atoms with E-state index in [1.165, 1.54) is 0 Å². The van der Waals surface area contributed by atoms with Crippen molar-refractivity contribution in [3.8, 4) is 0 Å². The summed E-state index contributed by atoms with van der Waals surface area (Å²) in [4.78, 5) is 35.5. The number of hydrogen-bond acceptors (Lipinski definition) is 5. The first-order valence-corrected chi connectivity index (χ1v) is 7.86. The highest BCUT2D eigenvalue weighted by Crippen LogP contribution is 2.18. The van der Waals surface area contributed by atoms with Gasteiger partial charge in [-0.05, 0) is 48.0 Å². The van der Waals surface area contributed by atoms with Crippen molar-refractivity contribution < 1.29 is 23.9 Å². The normalized spacial score (nSPS) is 22.3. The van der Waals surface area contributed by atoms with Crippen molar-refractivity contribution in [1.29, 1.82) is 0 Å². The van der Waals surface area contributed by atoms with Crippen LogP contribution in [0.2, 0.25) is 0 Å². The first-order chi connectivity index (χ1) is 10.4. The minimum atomic E-state index is -0.628. The van der Waals surface area contributed by atoms with Crippen LogP contribution < -0.4 is 10.6 Å². The van der Waals surface area contributed by atoms with E-state index in [4.69, 9.17) is 9.47 Å². The van der Waals surface area contributed by atoms with Gasteiger partial charge in [0.15, 0.2) is 0 Å². The zero-order valence-electron chi connectivity index (χ0n) is 14.8. The van der Waals surface area contributed by atoms with Gasteiger partial charge < -0.3 is 20.1 Å². The smallest absolute Gasteiger partial charge is 0.407 e. The van der Waals surface area contributed by atoms with Gasteiger partial charge in [-0.2, -0.15) is 0 Å². The molecule has 7 heteroatoms. The molecule has 0 unspecified atom stereocenters. The molecule has 0 spiro atoms. The van der Waals surface area contributed by atoms with Crippen LogP contribution in [0.15, 0.2) is 0 Å². The number of nitrogens with one attached hydrogen (secondary N) is 2. The molecule has 0 bridgehead atoms. The fourth-order valence-electron chi connectivity index (χ4n) is 2.25. The summed E-state index contributed by atoms with van der Waals surface area (Å²) in [5, 5.41) is 5.40. The fraction of sp³-hybridized carbons (Fsp3) is 0.812. The SMILES string of the molecule is CC(C)(C)OC(=O)N[C@H]1CCC(=O)C[C@H]1NC(=O)OC(C)(C)C. The maximum absolute atomic E-state index is 11.9. The molecule has 1 aliphatic carbocycles. The van der Waals surface area contributed by atoms with Crippen molar-refractivity contribution in [2.45, 2.75) is 84.1 Å². The van der Waals surface area contributed by atoms with E-state index >= 15 is 0 Å². The van der Waals surface area contributed by atoms with Crippen LogP contribution in [0.1, 0.15) is 60.8 Å². The summed E-state index contributed by atoms with van der Waals surface area (Å²) in [6.45, 7) is 10.6. The van der Waals surface area contributed by atoms with Gasteiger partial charge in [-0.25, -0.2) is 9.59 Å². The quantitative estimate of drug-likeness (QED) is 0.812. The van der Waals surface area contributed by atoms with Crippen LogP contribution in [0.25, 0.3) is 0 Å². The van der Waals surface area contributed by atoms with Gasteiger partial charge in [-0.15, -0.1) is 0 Å². The van der Waals surface area contributed by atoms with Crippen LogP contribution in [-0.4, -0.2) is 41.3 Å². The maximum atomic E-state index is 11.9.